The Kier molecular flexibility index (Phi) is 6.83. The van der Waals surface area contributed by atoms with Crippen molar-refractivity contribution >= 4 is 5.91 Å². The number of ether oxygens (including phenoxy) is 2. The molecular formula is C22H35N2O4+. The average Bonchev–Trinajstić information content (AvgIpc) is 2.75. The quantitative estimate of drug-likeness (QED) is 0.769. The Hall–Kier alpha value is -1.79. The number of nitrogens with one attached hydrogen (secondary N) is 1. The van der Waals surface area contributed by atoms with Crippen LogP contribution in [-0.2, 0) is 10.4 Å². The van der Waals surface area contributed by atoms with Gasteiger partial charge in [0.25, 0.3) is 5.91 Å². The molecule has 0 spiro atoms. The van der Waals surface area contributed by atoms with Gasteiger partial charge >= 0.3 is 0 Å². The summed E-state index contributed by atoms with van der Waals surface area (Å²) in [5, 5.41) is 11.3. The third kappa shape index (κ3) is 4.61. The number of carbonyl (C=O) groups is 1. The van der Waals surface area contributed by atoms with Gasteiger partial charge in [0.2, 0.25) is 0 Å². The number of benzene rings is 1. The van der Waals surface area contributed by atoms with Gasteiger partial charge in [0.1, 0.15) is 17.1 Å². The van der Waals surface area contributed by atoms with Crippen LogP contribution in [0.5, 0.6) is 11.5 Å². The van der Waals surface area contributed by atoms with E-state index in [4.69, 9.17) is 9.47 Å². The standard InChI is InChI=1S/C22H34N2O4/c1-23(17-7-5-4-6-8-17)21(25)16-24-13-11-22(26,12-14-24)19-10-9-18(27-2)15-20(19)28-3/h9-10,15,17,26H,4-8,11-14,16H2,1-3H3/p+1. The smallest absolute Gasteiger partial charge is 0.277 e. The van der Waals surface area contributed by atoms with Crippen molar-refractivity contribution in [3.63, 3.8) is 0 Å². The molecule has 0 bridgehead atoms. The summed E-state index contributed by atoms with van der Waals surface area (Å²) in [7, 11) is 5.19. The van der Waals surface area contributed by atoms with Crippen LogP contribution in [0.2, 0.25) is 0 Å². The van der Waals surface area contributed by atoms with Gasteiger partial charge in [0.05, 0.1) is 27.3 Å². The fourth-order valence-corrected chi connectivity index (χ4v) is 4.66. The summed E-state index contributed by atoms with van der Waals surface area (Å²) in [4.78, 5) is 15.9. The number of hydrogen-bond acceptors (Lipinski definition) is 4. The molecule has 1 amide bonds. The van der Waals surface area contributed by atoms with Crippen molar-refractivity contribution in [3.05, 3.63) is 23.8 Å². The third-order valence-corrected chi connectivity index (χ3v) is 6.61. The highest BCUT2D eigenvalue weighted by Crippen LogP contribution is 2.37. The first-order valence-electron chi connectivity index (χ1n) is 10.5. The summed E-state index contributed by atoms with van der Waals surface area (Å²) in [5.41, 5.74) is -0.111. The monoisotopic (exact) mass is 391 g/mol. The Morgan fingerprint density at radius 1 is 1.18 bits per heavy atom. The molecule has 3 rings (SSSR count). The molecule has 28 heavy (non-hydrogen) atoms. The average molecular weight is 392 g/mol. The molecule has 1 aliphatic heterocycles. The number of rotatable bonds is 6. The maximum atomic E-state index is 12.7. The van der Waals surface area contributed by atoms with E-state index in [1.807, 2.05) is 30.1 Å². The number of hydrogen-bond donors (Lipinski definition) is 2. The number of piperidine rings is 1. The predicted octanol–water partition coefficient (Wildman–Crippen LogP) is 1.36. The molecule has 0 atom stereocenters. The largest absolute Gasteiger partial charge is 0.497 e. The lowest BCUT2D eigenvalue weighted by atomic mass is 9.83. The van der Waals surface area contributed by atoms with E-state index in [2.05, 4.69) is 0 Å². The molecule has 0 aromatic heterocycles. The lowest BCUT2D eigenvalue weighted by molar-refractivity contribution is -0.900. The molecule has 2 aliphatic rings. The SMILES string of the molecule is COc1ccc(C2(O)CC[NH+](CC(=O)N(C)C3CCCCC3)CC2)c(OC)c1. The van der Waals surface area contributed by atoms with Crippen LogP contribution in [0.1, 0.15) is 50.5 Å². The summed E-state index contributed by atoms with van der Waals surface area (Å²) in [6, 6.07) is 5.98. The van der Waals surface area contributed by atoms with Crippen molar-refractivity contribution in [3.8, 4) is 11.5 Å². The van der Waals surface area contributed by atoms with Gasteiger partial charge in [-0.15, -0.1) is 0 Å². The number of likely N-dealkylation sites (tertiary alicyclic amines) is 1. The first kappa shape index (κ1) is 20.9. The minimum absolute atomic E-state index is 0.231. The summed E-state index contributed by atoms with van der Waals surface area (Å²) in [6.45, 7) is 2.06. The van der Waals surface area contributed by atoms with E-state index >= 15 is 0 Å². The molecule has 0 unspecified atom stereocenters. The van der Waals surface area contributed by atoms with Crippen LogP contribution < -0.4 is 14.4 Å². The molecule has 1 aliphatic carbocycles. The topological polar surface area (TPSA) is 63.4 Å². The van der Waals surface area contributed by atoms with E-state index in [1.165, 1.54) is 24.2 Å². The molecule has 1 saturated carbocycles. The summed E-state index contributed by atoms with van der Waals surface area (Å²) in [5.74, 6) is 1.59. The van der Waals surface area contributed by atoms with Crippen molar-refractivity contribution in [1.29, 1.82) is 0 Å². The van der Waals surface area contributed by atoms with Crippen molar-refractivity contribution < 1.29 is 24.3 Å². The second kappa shape index (κ2) is 9.14. The molecule has 156 valence electrons. The van der Waals surface area contributed by atoms with Crippen LogP contribution in [-0.4, -0.2) is 62.9 Å². The van der Waals surface area contributed by atoms with Crippen molar-refractivity contribution in [2.24, 2.45) is 0 Å². The molecule has 2 fully saturated rings. The number of methoxy groups -OCH3 is 2. The van der Waals surface area contributed by atoms with Gasteiger partial charge in [-0.25, -0.2) is 0 Å². The normalized spacial score (nSPS) is 25.9. The van der Waals surface area contributed by atoms with Crippen LogP contribution in [0.15, 0.2) is 18.2 Å². The van der Waals surface area contributed by atoms with Crippen molar-refractivity contribution in [1.82, 2.24) is 4.90 Å². The van der Waals surface area contributed by atoms with Gasteiger partial charge in [-0.3, -0.25) is 4.79 Å². The van der Waals surface area contributed by atoms with Gasteiger partial charge in [-0.05, 0) is 25.0 Å². The Balaban J connectivity index is 1.58. The Morgan fingerprint density at radius 2 is 1.86 bits per heavy atom. The molecule has 1 saturated heterocycles. The highest BCUT2D eigenvalue weighted by atomic mass is 16.5. The zero-order valence-electron chi connectivity index (χ0n) is 17.5. The van der Waals surface area contributed by atoms with E-state index in [0.29, 0.717) is 36.9 Å². The summed E-state index contributed by atoms with van der Waals surface area (Å²) >= 11 is 0. The van der Waals surface area contributed by atoms with E-state index in [-0.39, 0.29) is 5.91 Å². The zero-order chi connectivity index (χ0) is 20.1. The zero-order valence-corrected chi connectivity index (χ0v) is 17.5. The van der Waals surface area contributed by atoms with Crippen molar-refractivity contribution in [2.45, 2.75) is 56.6 Å². The lowest BCUT2D eigenvalue weighted by Crippen LogP contribution is -3.14. The molecule has 6 heteroatoms. The number of likely N-dealkylation sites (N-methyl/N-ethyl adjacent to an activating group) is 1. The van der Waals surface area contributed by atoms with E-state index < -0.39 is 5.60 Å². The number of quaternary nitrogens is 1. The maximum Gasteiger partial charge on any atom is 0.277 e. The highest BCUT2D eigenvalue weighted by molar-refractivity contribution is 5.77. The van der Waals surface area contributed by atoms with E-state index in [1.54, 1.807) is 14.2 Å². The molecule has 2 N–H and O–H groups in total. The fraction of sp³-hybridized carbons (Fsp3) is 0.682. The first-order chi connectivity index (χ1) is 13.5. The molecule has 6 nitrogen and oxygen atoms in total. The maximum absolute atomic E-state index is 12.7. The van der Waals surface area contributed by atoms with Gasteiger partial charge in [0, 0.05) is 37.6 Å². The highest BCUT2D eigenvalue weighted by Gasteiger charge is 2.39. The minimum Gasteiger partial charge on any atom is -0.497 e. The van der Waals surface area contributed by atoms with Crippen LogP contribution in [0.3, 0.4) is 0 Å². The lowest BCUT2D eigenvalue weighted by Gasteiger charge is -2.38. The van der Waals surface area contributed by atoms with Crippen LogP contribution in [0.4, 0.5) is 0 Å². The van der Waals surface area contributed by atoms with Crippen LogP contribution in [0, 0.1) is 0 Å². The van der Waals surface area contributed by atoms with Crippen LogP contribution >= 0.6 is 0 Å². The predicted molar refractivity (Wildman–Crippen MR) is 108 cm³/mol. The van der Waals surface area contributed by atoms with Gasteiger partial charge in [-0.1, -0.05) is 19.3 Å². The molecular weight excluding hydrogens is 356 g/mol. The molecule has 1 heterocycles. The molecule has 0 radical (unpaired) electrons. The summed E-state index contributed by atoms with van der Waals surface area (Å²) in [6.07, 6.45) is 7.26. The second-order valence-electron chi connectivity index (χ2n) is 8.32. The number of amides is 1. The van der Waals surface area contributed by atoms with E-state index in [9.17, 15) is 9.90 Å². The third-order valence-electron chi connectivity index (χ3n) is 6.61. The summed E-state index contributed by atoms with van der Waals surface area (Å²) < 4.78 is 10.7. The first-order valence-corrected chi connectivity index (χ1v) is 10.5. The van der Waals surface area contributed by atoms with Gasteiger partial charge < -0.3 is 24.4 Å². The number of carbonyl (C=O) groups excluding carboxylic acids is 1. The Morgan fingerprint density at radius 3 is 2.46 bits per heavy atom. The molecule has 1 aromatic carbocycles. The Labute approximate surface area is 168 Å². The van der Waals surface area contributed by atoms with Crippen LogP contribution in [0.25, 0.3) is 0 Å². The van der Waals surface area contributed by atoms with E-state index in [0.717, 1.165) is 31.5 Å². The second-order valence-corrected chi connectivity index (χ2v) is 8.32. The minimum atomic E-state index is -0.917. The molecule has 1 aromatic rings. The number of nitrogens with zero attached hydrogens (tertiary/aromatic N) is 1. The number of aliphatic hydroxyl groups is 1. The van der Waals surface area contributed by atoms with Crippen molar-refractivity contribution in [2.75, 3.05) is 40.9 Å². The fourth-order valence-electron chi connectivity index (χ4n) is 4.66. The Bertz CT molecular complexity index is 665. The van der Waals surface area contributed by atoms with Gasteiger partial charge in [0.15, 0.2) is 6.54 Å². The van der Waals surface area contributed by atoms with Gasteiger partial charge in [-0.2, -0.15) is 0 Å².